The topological polar surface area (TPSA) is 53.7 Å². The molecule has 3 rings (SSSR count). The molecule has 2 aromatic rings. The molecular formula is C16H19NO3. The lowest BCUT2D eigenvalue weighted by atomic mass is 9.85. The molecule has 1 aliphatic rings. The van der Waals surface area contributed by atoms with E-state index in [1.54, 1.807) is 0 Å². The third-order valence-electron chi connectivity index (χ3n) is 4.12. The lowest BCUT2D eigenvalue weighted by molar-refractivity contribution is 0.0661. The summed E-state index contributed by atoms with van der Waals surface area (Å²) in [6, 6.07) is 7.52. The van der Waals surface area contributed by atoms with Gasteiger partial charge in [-0.05, 0) is 31.9 Å². The fourth-order valence-electron chi connectivity index (χ4n) is 2.88. The molecule has 4 nitrogen and oxygen atoms in total. The molecule has 0 saturated heterocycles. The summed E-state index contributed by atoms with van der Waals surface area (Å²) < 4.78 is 5.48. The van der Waals surface area contributed by atoms with Gasteiger partial charge in [-0.15, -0.1) is 0 Å². The van der Waals surface area contributed by atoms with E-state index in [-0.39, 0.29) is 5.76 Å². The second-order valence-corrected chi connectivity index (χ2v) is 5.70. The molecule has 0 unspecified atom stereocenters. The predicted molar refractivity (Wildman–Crippen MR) is 76.8 cm³/mol. The molecule has 4 heteroatoms. The second-order valence-electron chi connectivity index (χ2n) is 5.70. The first-order valence-electron chi connectivity index (χ1n) is 7.07. The summed E-state index contributed by atoms with van der Waals surface area (Å²) in [6.07, 6.45) is 3.91. The van der Waals surface area contributed by atoms with E-state index in [0.29, 0.717) is 12.1 Å². The number of carboxylic acids is 1. The van der Waals surface area contributed by atoms with E-state index >= 15 is 0 Å². The molecule has 20 heavy (non-hydrogen) atoms. The molecule has 1 aromatic heterocycles. The minimum atomic E-state index is -0.992. The third kappa shape index (κ3) is 2.43. The van der Waals surface area contributed by atoms with Gasteiger partial charge in [-0.25, -0.2) is 4.79 Å². The molecule has 0 radical (unpaired) electrons. The van der Waals surface area contributed by atoms with Gasteiger partial charge in [0.15, 0.2) is 0 Å². The Morgan fingerprint density at radius 3 is 2.80 bits per heavy atom. The van der Waals surface area contributed by atoms with E-state index in [1.807, 2.05) is 31.3 Å². The summed E-state index contributed by atoms with van der Waals surface area (Å²) in [4.78, 5) is 13.6. The summed E-state index contributed by atoms with van der Waals surface area (Å²) in [6.45, 7) is 1.65. The number of carboxylic acid groups (broad SMARTS) is 1. The maximum atomic E-state index is 11.4. The molecule has 1 aliphatic carbocycles. The Morgan fingerprint density at radius 2 is 2.15 bits per heavy atom. The molecule has 0 bridgehead atoms. The van der Waals surface area contributed by atoms with Crippen LogP contribution in [-0.4, -0.2) is 29.6 Å². The van der Waals surface area contributed by atoms with Gasteiger partial charge in [-0.3, -0.25) is 0 Å². The number of fused-ring (bicyclic) bond motifs is 1. The average molecular weight is 273 g/mol. The average Bonchev–Trinajstić information content (AvgIpc) is 2.73. The number of benzene rings is 1. The van der Waals surface area contributed by atoms with Crippen molar-refractivity contribution >= 4 is 16.9 Å². The number of para-hydroxylation sites is 1. The van der Waals surface area contributed by atoms with Gasteiger partial charge in [0, 0.05) is 24.0 Å². The van der Waals surface area contributed by atoms with Gasteiger partial charge < -0.3 is 14.4 Å². The van der Waals surface area contributed by atoms with E-state index in [9.17, 15) is 9.90 Å². The molecule has 0 aliphatic heterocycles. The van der Waals surface area contributed by atoms with E-state index in [4.69, 9.17) is 4.42 Å². The number of nitrogens with zero attached hydrogens (tertiary/aromatic N) is 1. The number of rotatable bonds is 5. The van der Waals surface area contributed by atoms with Crippen molar-refractivity contribution in [1.29, 1.82) is 0 Å². The lowest BCUT2D eigenvalue weighted by Gasteiger charge is -2.30. The standard InChI is InChI=1S/C16H19NO3/c1-17(9-11-5-4-6-11)10-13-12-7-2-3-8-14(12)20-15(13)16(18)19/h2-3,7-8,11H,4-6,9-10H2,1H3,(H,18,19). The summed E-state index contributed by atoms with van der Waals surface area (Å²) >= 11 is 0. The highest BCUT2D eigenvalue weighted by Gasteiger charge is 2.23. The zero-order chi connectivity index (χ0) is 14.1. The first-order valence-corrected chi connectivity index (χ1v) is 7.07. The van der Waals surface area contributed by atoms with Gasteiger partial charge in [0.2, 0.25) is 5.76 Å². The Bertz CT molecular complexity index is 628. The van der Waals surface area contributed by atoms with Crippen LogP contribution in [0.2, 0.25) is 0 Å². The zero-order valence-electron chi connectivity index (χ0n) is 11.6. The van der Waals surface area contributed by atoms with Crippen molar-refractivity contribution in [2.24, 2.45) is 5.92 Å². The Hall–Kier alpha value is -1.81. The summed E-state index contributed by atoms with van der Waals surface area (Å²) in [5.74, 6) is -0.147. The number of carbonyl (C=O) groups is 1. The molecule has 1 aromatic carbocycles. The first-order chi connectivity index (χ1) is 9.65. The number of hydrogen-bond acceptors (Lipinski definition) is 3. The van der Waals surface area contributed by atoms with Crippen LogP contribution in [0.5, 0.6) is 0 Å². The molecule has 1 N–H and O–H groups in total. The monoisotopic (exact) mass is 273 g/mol. The Balaban J connectivity index is 1.87. The van der Waals surface area contributed by atoms with Gasteiger partial charge in [-0.1, -0.05) is 24.6 Å². The Labute approximate surface area is 118 Å². The summed E-state index contributed by atoms with van der Waals surface area (Å²) in [7, 11) is 2.05. The minimum absolute atomic E-state index is 0.0756. The van der Waals surface area contributed by atoms with Crippen molar-refractivity contribution in [2.75, 3.05) is 13.6 Å². The van der Waals surface area contributed by atoms with Crippen LogP contribution in [0.4, 0.5) is 0 Å². The van der Waals surface area contributed by atoms with Crippen LogP contribution in [0.25, 0.3) is 11.0 Å². The first kappa shape index (κ1) is 13.2. The highest BCUT2D eigenvalue weighted by molar-refractivity contribution is 5.95. The van der Waals surface area contributed by atoms with Crippen molar-refractivity contribution in [3.05, 3.63) is 35.6 Å². The van der Waals surface area contributed by atoms with Crippen LogP contribution in [0.1, 0.15) is 35.4 Å². The SMILES string of the molecule is CN(Cc1c(C(=O)O)oc2ccccc12)CC1CCC1. The van der Waals surface area contributed by atoms with E-state index in [2.05, 4.69) is 4.90 Å². The normalized spacial score (nSPS) is 15.7. The van der Waals surface area contributed by atoms with Crippen LogP contribution in [0.3, 0.4) is 0 Å². The van der Waals surface area contributed by atoms with Gasteiger partial charge >= 0.3 is 5.97 Å². The Morgan fingerprint density at radius 1 is 1.40 bits per heavy atom. The fraction of sp³-hybridized carbons (Fsp3) is 0.438. The van der Waals surface area contributed by atoms with E-state index < -0.39 is 5.97 Å². The highest BCUT2D eigenvalue weighted by Crippen LogP contribution is 2.30. The van der Waals surface area contributed by atoms with Crippen LogP contribution in [0.15, 0.2) is 28.7 Å². The van der Waals surface area contributed by atoms with Crippen molar-refractivity contribution in [3.8, 4) is 0 Å². The van der Waals surface area contributed by atoms with Crippen molar-refractivity contribution in [3.63, 3.8) is 0 Å². The molecule has 1 fully saturated rings. The van der Waals surface area contributed by atoms with Crippen LogP contribution >= 0.6 is 0 Å². The smallest absolute Gasteiger partial charge is 0.372 e. The second kappa shape index (κ2) is 5.29. The van der Waals surface area contributed by atoms with Crippen molar-refractivity contribution < 1.29 is 14.3 Å². The Kier molecular flexibility index (Phi) is 3.49. The maximum Gasteiger partial charge on any atom is 0.372 e. The van der Waals surface area contributed by atoms with Crippen LogP contribution in [-0.2, 0) is 6.54 Å². The van der Waals surface area contributed by atoms with Gasteiger partial charge in [0.25, 0.3) is 0 Å². The molecule has 1 saturated carbocycles. The number of furan rings is 1. The number of aromatic carboxylic acids is 1. The highest BCUT2D eigenvalue weighted by atomic mass is 16.4. The maximum absolute atomic E-state index is 11.4. The largest absolute Gasteiger partial charge is 0.475 e. The van der Waals surface area contributed by atoms with Crippen LogP contribution < -0.4 is 0 Å². The zero-order valence-corrected chi connectivity index (χ0v) is 11.6. The molecule has 106 valence electrons. The molecule has 0 atom stereocenters. The lowest BCUT2D eigenvalue weighted by Crippen LogP contribution is -2.29. The van der Waals surface area contributed by atoms with E-state index in [1.165, 1.54) is 19.3 Å². The van der Waals surface area contributed by atoms with Crippen molar-refractivity contribution in [2.45, 2.75) is 25.8 Å². The van der Waals surface area contributed by atoms with Crippen molar-refractivity contribution in [1.82, 2.24) is 4.90 Å². The minimum Gasteiger partial charge on any atom is -0.475 e. The number of hydrogen-bond donors (Lipinski definition) is 1. The molecular weight excluding hydrogens is 254 g/mol. The van der Waals surface area contributed by atoms with E-state index in [0.717, 1.165) is 23.4 Å². The van der Waals surface area contributed by atoms with Gasteiger partial charge in [0.1, 0.15) is 5.58 Å². The molecule has 0 spiro atoms. The van der Waals surface area contributed by atoms with Gasteiger partial charge in [0.05, 0.1) is 0 Å². The quantitative estimate of drug-likeness (QED) is 0.907. The van der Waals surface area contributed by atoms with Crippen LogP contribution in [0, 0.1) is 5.92 Å². The molecule has 1 heterocycles. The third-order valence-corrected chi connectivity index (χ3v) is 4.12. The predicted octanol–water partition coefficient (Wildman–Crippen LogP) is 3.36. The van der Waals surface area contributed by atoms with Gasteiger partial charge in [-0.2, -0.15) is 0 Å². The molecule has 0 amide bonds. The fourth-order valence-corrected chi connectivity index (χ4v) is 2.88. The summed E-state index contributed by atoms with van der Waals surface area (Å²) in [5.41, 5.74) is 1.44. The summed E-state index contributed by atoms with van der Waals surface area (Å²) in [5, 5.41) is 10.2.